The average Bonchev–Trinajstić information content (AvgIpc) is 3.41. The highest BCUT2D eigenvalue weighted by Gasteiger charge is 2.59. The zero-order chi connectivity index (χ0) is 26.7. The van der Waals surface area contributed by atoms with E-state index < -0.39 is 5.41 Å². The van der Waals surface area contributed by atoms with Crippen LogP contribution in [0.5, 0.6) is 5.75 Å². The number of methoxy groups -OCH3 is 2. The Morgan fingerprint density at radius 1 is 0.868 bits per heavy atom. The largest absolute Gasteiger partial charge is 0.486 e. The van der Waals surface area contributed by atoms with Crippen molar-refractivity contribution in [1.82, 2.24) is 0 Å². The lowest BCUT2D eigenvalue weighted by atomic mass is 9.50. The number of esters is 1. The van der Waals surface area contributed by atoms with Crippen molar-refractivity contribution in [3.05, 3.63) is 28.8 Å². The van der Waals surface area contributed by atoms with Gasteiger partial charge in [-0.25, -0.2) is 0 Å². The third-order valence-electron chi connectivity index (χ3n) is 11.3. The van der Waals surface area contributed by atoms with Crippen molar-refractivity contribution in [3.63, 3.8) is 0 Å². The van der Waals surface area contributed by atoms with Gasteiger partial charge in [0.25, 0.3) is 0 Å². The number of carbonyl (C=O) groups is 1. The number of ether oxygens (including phenoxy) is 4. The van der Waals surface area contributed by atoms with Crippen LogP contribution in [0.1, 0.15) is 114 Å². The molecule has 0 unspecified atom stereocenters. The molecule has 0 amide bonds. The van der Waals surface area contributed by atoms with Gasteiger partial charge in [0, 0.05) is 31.8 Å². The van der Waals surface area contributed by atoms with Gasteiger partial charge in [-0.3, -0.25) is 4.79 Å². The maximum Gasteiger partial charge on any atom is 0.312 e. The second-order valence-corrected chi connectivity index (χ2v) is 14.3. The van der Waals surface area contributed by atoms with Gasteiger partial charge in [0.2, 0.25) is 0 Å². The van der Waals surface area contributed by atoms with Crippen molar-refractivity contribution in [2.45, 2.75) is 122 Å². The fraction of sp³-hybridized carbons (Fsp3) is 0.788. The number of rotatable bonds is 10. The Labute approximate surface area is 229 Å². The molecule has 7 rings (SSSR count). The maximum absolute atomic E-state index is 13.0. The average molecular weight is 525 g/mol. The first kappa shape index (κ1) is 26.6. The highest BCUT2D eigenvalue weighted by Crippen LogP contribution is 2.60. The van der Waals surface area contributed by atoms with Gasteiger partial charge in [0.05, 0.1) is 18.6 Å². The van der Waals surface area contributed by atoms with E-state index in [0.717, 1.165) is 79.1 Å². The molecule has 210 valence electrons. The number of benzene rings is 1. The third-order valence-corrected chi connectivity index (χ3v) is 11.3. The minimum Gasteiger partial charge on any atom is -0.486 e. The van der Waals surface area contributed by atoms with Gasteiger partial charge in [-0.05, 0) is 125 Å². The molecule has 1 aromatic carbocycles. The predicted molar refractivity (Wildman–Crippen MR) is 147 cm³/mol. The second-order valence-electron chi connectivity index (χ2n) is 14.3. The van der Waals surface area contributed by atoms with Crippen molar-refractivity contribution in [1.29, 1.82) is 0 Å². The summed E-state index contributed by atoms with van der Waals surface area (Å²) in [7, 11) is 3.55. The quantitative estimate of drug-likeness (QED) is 0.300. The highest BCUT2D eigenvalue weighted by atomic mass is 16.6. The van der Waals surface area contributed by atoms with E-state index in [0.29, 0.717) is 19.1 Å². The zero-order valence-electron chi connectivity index (χ0n) is 24.3. The Kier molecular flexibility index (Phi) is 6.87. The van der Waals surface area contributed by atoms with Gasteiger partial charge >= 0.3 is 5.97 Å². The molecule has 6 bridgehead atoms. The maximum atomic E-state index is 13.0. The van der Waals surface area contributed by atoms with E-state index in [1.807, 2.05) is 13.8 Å². The molecular weight excluding hydrogens is 476 g/mol. The Balaban J connectivity index is 1.27. The van der Waals surface area contributed by atoms with Crippen molar-refractivity contribution >= 4 is 5.97 Å². The van der Waals surface area contributed by atoms with Crippen LogP contribution in [0.15, 0.2) is 12.1 Å². The van der Waals surface area contributed by atoms with Crippen LogP contribution >= 0.6 is 0 Å². The molecule has 0 spiro atoms. The van der Waals surface area contributed by atoms with E-state index in [2.05, 4.69) is 19.1 Å². The van der Waals surface area contributed by atoms with E-state index >= 15 is 0 Å². The lowest BCUT2D eigenvalue weighted by molar-refractivity contribution is -0.169. The van der Waals surface area contributed by atoms with Crippen molar-refractivity contribution in [2.75, 3.05) is 14.2 Å². The summed E-state index contributed by atoms with van der Waals surface area (Å²) < 4.78 is 24.8. The molecule has 0 saturated heterocycles. The van der Waals surface area contributed by atoms with Crippen LogP contribution in [-0.4, -0.2) is 31.4 Å². The van der Waals surface area contributed by atoms with Crippen LogP contribution in [0.2, 0.25) is 0 Å². The topological polar surface area (TPSA) is 54.0 Å². The van der Waals surface area contributed by atoms with Gasteiger partial charge in [-0.1, -0.05) is 6.92 Å². The molecule has 5 heteroatoms. The lowest BCUT2D eigenvalue weighted by Crippen LogP contribution is -2.43. The van der Waals surface area contributed by atoms with Gasteiger partial charge < -0.3 is 18.9 Å². The van der Waals surface area contributed by atoms with Crippen LogP contribution in [0.3, 0.4) is 0 Å². The molecule has 6 aliphatic rings. The lowest BCUT2D eigenvalue weighted by Gasteiger charge is -2.54. The first-order chi connectivity index (χ1) is 18.2. The summed E-state index contributed by atoms with van der Waals surface area (Å²) in [6.45, 7) is 7.09. The monoisotopic (exact) mass is 524 g/mol. The minimum atomic E-state index is -0.450. The summed E-state index contributed by atoms with van der Waals surface area (Å²) >= 11 is 0. The van der Waals surface area contributed by atoms with E-state index in [-0.39, 0.29) is 17.2 Å². The van der Waals surface area contributed by atoms with Crippen LogP contribution in [0.4, 0.5) is 0 Å². The van der Waals surface area contributed by atoms with E-state index in [1.54, 1.807) is 14.2 Å². The van der Waals surface area contributed by atoms with Crippen molar-refractivity contribution in [2.24, 2.45) is 29.1 Å². The number of fused-ring (bicyclic) bond motifs is 2. The Hall–Kier alpha value is -1.59. The first-order valence-electron chi connectivity index (χ1n) is 15.2. The molecule has 0 heterocycles. The fourth-order valence-corrected chi connectivity index (χ4v) is 9.17. The summed E-state index contributed by atoms with van der Waals surface area (Å²) in [4.78, 5) is 13.0. The van der Waals surface area contributed by atoms with Crippen LogP contribution in [0.25, 0.3) is 0 Å². The second kappa shape index (κ2) is 9.80. The first-order valence-corrected chi connectivity index (χ1v) is 15.2. The van der Waals surface area contributed by atoms with Gasteiger partial charge in [0.1, 0.15) is 17.0 Å². The summed E-state index contributed by atoms with van der Waals surface area (Å²) in [6.07, 6.45) is 12.3. The summed E-state index contributed by atoms with van der Waals surface area (Å²) in [5.74, 6) is 5.12. The van der Waals surface area contributed by atoms with Crippen molar-refractivity contribution < 1.29 is 23.7 Å². The predicted octanol–water partition coefficient (Wildman–Crippen LogP) is 7.33. The van der Waals surface area contributed by atoms with Crippen LogP contribution < -0.4 is 4.74 Å². The molecule has 0 N–H and O–H groups in total. The minimum absolute atomic E-state index is 0.0714. The molecule has 5 nitrogen and oxygen atoms in total. The molecule has 0 aromatic heterocycles. The molecule has 38 heavy (non-hydrogen) atoms. The Morgan fingerprint density at radius 3 is 1.89 bits per heavy atom. The smallest absolute Gasteiger partial charge is 0.312 e. The highest BCUT2D eigenvalue weighted by molar-refractivity contribution is 5.76. The number of hydrogen-bond donors (Lipinski definition) is 0. The summed E-state index contributed by atoms with van der Waals surface area (Å²) in [5, 5.41) is 0. The van der Waals surface area contributed by atoms with Crippen LogP contribution in [-0.2, 0) is 32.2 Å². The Morgan fingerprint density at radius 2 is 1.39 bits per heavy atom. The van der Waals surface area contributed by atoms with E-state index in [9.17, 15) is 4.79 Å². The summed E-state index contributed by atoms with van der Waals surface area (Å²) in [6, 6.07) is 4.81. The van der Waals surface area contributed by atoms with E-state index in [1.165, 1.54) is 37.7 Å². The fourth-order valence-electron chi connectivity index (χ4n) is 9.17. The number of carbonyl (C=O) groups excluding carboxylic acids is 1. The molecule has 1 aromatic rings. The molecule has 6 aliphatic carbocycles. The SMILES string of the molecule is CCC(C)(C)C(=O)OC12CCC(Oc3c(COC)cc(C4C5CC6CC(C5)CC4C6)cc3COC)(CC1)C2. The normalized spacial score (nSPS) is 37.1. The molecule has 0 atom stereocenters. The van der Waals surface area contributed by atoms with Gasteiger partial charge in [-0.15, -0.1) is 0 Å². The Bertz CT molecular complexity index is 994. The summed E-state index contributed by atoms with van der Waals surface area (Å²) in [5.41, 5.74) is 2.65. The molecule has 0 radical (unpaired) electrons. The third kappa shape index (κ3) is 4.60. The standard InChI is InChI=1S/C33H48O5/c1-6-31(2,3)30(34)38-33-9-7-32(20-33,8-10-33)37-29-26(18-35-4)16-25(17-27(29)19-36-5)28-23-12-21-11-22(14-23)15-24(28)13-21/h16-17,21-24,28H,6-15,18-20H2,1-5H3. The molecular formula is C33H48O5. The molecule has 0 aliphatic heterocycles. The molecule has 6 saturated carbocycles. The van der Waals surface area contributed by atoms with Gasteiger partial charge in [0.15, 0.2) is 0 Å². The van der Waals surface area contributed by atoms with Gasteiger partial charge in [-0.2, -0.15) is 0 Å². The zero-order valence-corrected chi connectivity index (χ0v) is 24.3. The van der Waals surface area contributed by atoms with Crippen molar-refractivity contribution in [3.8, 4) is 5.75 Å². The number of hydrogen-bond acceptors (Lipinski definition) is 5. The molecule has 6 fully saturated rings. The van der Waals surface area contributed by atoms with Crippen LogP contribution in [0, 0.1) is 29.1 Å². The van der Waals surface area contributed by atoms with E-state index in [4.69, 9.17) is 18.9 Å².